The molecule has 0 aromatic carbocycles. The van der Waals surface area contributed by atoms with Crippen LogP contribution < -0.4 is 10.6 Å². The van der Waals surface area contributed by atoms with Crippen LogP contribution >= 0.6 is 0 Å². The van der Waals surface area contributed by atoms with E-state index >= 15 is 0 Å². The van der Waals surface area contributed by atoms with Crippen LogP contribution in [0.1, 0.15) is 60.3 Å². The molecule has 5 nitrogen and oxygen atoms in total. The SMILES string of the molecule is CC(C)(C#N)CNC1CCC(NC(=O)OC(C)(C)C)CC1. The minimum atomic E-state index is -0.453. The van der Waals surface area contributed by atoms with Gasteiger partial charge in [0.05, 0.1) is 11.5 Å². The van der Waals surface area contributed by atoms with Crippen LogP contribution in [0.2, 0.25) is 0 Å². The predicted molar refractivity (Wildman–Crippen MR) is 82.8 cm³/mol. The molecule has 0 aromatic heterocycles. The van der Waals surface area contributed by atoms with Crippen molar-refractivity contribution >= 4 is 6.09 Å². The number of hydrogen-bond acceptors (Lipinski definition) is 4. The van der Waals surface area contributed by atoms with E-state index in [9.17, 15) is 4.79 Å². The van der Waals surface area contributed by atoms with Gasteiger partial charge in [0, 0.05) is 18.6 Å². The number of amides is 1. The zero-order valence-corrected chi connectivity index (χ0v) is 14.0. The molecular weight excluding hydrogens is 266 g/mol. The summed E-state index contributed by atoms with van der Waals surface area (Å²) in [6, 6.07) is 2.94. The number of nitriles is 1. The third-order valence-electron chi connectivity index (χ3n) is 3.58. The second kappa shape index (κ2) is 7.13. The number of alkyl carbamates (subject to hydrolysis) is 1. The summed E-state index contributed by atoms with van der Waals surface area (Å²) < 4.78 is 5.27. The Kier molecular flexibility index (Phi) is 6.03. The van der Waals surface area contributed by atoms with Crippen molar-refractivity contribution in [2.24, 2.45) is 5.41 Å². The monoisotopic (exact) mass is 295 g/mol. The molecule has 0 spiro atoms. The minimum Gasteiger partial charge on any atom is -0.444 e. The number of hydrogen-bond donors (Lipinski definition) is 2. The van der Waals surface area contributed by atoms with E-state index in [1.54, 1.807) is 0 Å². The third-order valence-corrected chi connectivity index (χ3v) is 3.58. The van der Waals surface area contributed by atoms with Crippen LogP contribution in [0.25, 0.3) is 0 Å². The molecule has 0 bridgehead atoms. The molecule has 2 N–H and O–H groups in total. The lowest BCUT2D eigenvalue weighted by Crippen LogP contribution is -2.45. The predicted octanol–water partition coefficient (Wildman–Crippen LogP) is 2.96. The Hall–Kier alpha value is -1.28. The summed E-state index contributed by atoms with van der Waals surface area (Å²) in [5, 5.41) is 15.4. The average molecular weight is 295 g/mol. The topological polar surface area (TPSA) is 74.2 Å². The lowest BCUT2D eigenvalue weighted by molar-refractivity contribution is 0.0489. The molecule has 1 aliphatic carbocycles. The fraction of sp³-hybridized carbons (Fsp3) is 0.875. The molecule has 0 heterocycles. The van der Waals surface area contributed by atoms with Gasteiger partial charge in [0.1, 0.15) is 5.60 Å². The van der Waals surface area contributed by atoms with Gasteiger partial charge in [-0.25, -0.2) is 4.79 Å². The molecule has 0 radical (unpaired) electrons. The van der Waals surface area contributed by atoms with Gasteiger partial charge in [-0.2, -0.15) is 5.26 Å². The number of carbonyl (C=O) groups is 1. The Morgan fingerprint density at radius 3 is 2.14 bits per heavy atom. The summed E-state index contributed by atoms with van der Waals surface area (Å²) in [6.07, 6.45) is 3.60. The van der Waals surface area contributed by atoms with Crippen molar-refractivity contribution in [3.8, 4) is 6.07 Å². The van der Waals surface area contributed by atoms with Crippen molar-refractivity contribution in [1.29, 1.82) is 5.26 Å². The van der Waals surface area contributed by atoms with E-state index in [1.807, 2.05) is 34.6 Å². The molecule has 0 aromatic rings. The van der Waals surface area contributed by atoms with E-state index in [-0.39, 0.29) is 17.6 Å². The molecule has 21 heavy (non-hydrogen) atoms. The summed E-state index contributed by atoms with van der Waals surface area (Å²) in [5.74, 6) is 0. The van der Waals surface area contributed by atoms with Gasteiger partial charge in [-0.15, -0.1) is 0 Å². The molecular formula is C16H29N3O2. The molecule has 1 amide bonds. The summed E-state index contributed by atoms with van der Waals surface area (Å²) in [6.45, 7) is 10.2. The van der Waals surface area contributed by atoms with E-state index in [2.05, 4.69) is 16.7 Å². The van der Waals surface area contributed by atoms with Gasteiger partial charge < -0.3 is 15.4 Å². The van der Waals surface area contributed by atoms with Crippen LogP contribution in [-0.4, -0.2) is 30.3 Å². The Balaban J connectivity index is 2.27. The first-order valence-electron chi connectivity index (χ1n) is 7.75. The first-order chi connectivity index (χ1) is 9.61. The maximum Gasteiger partial charge on any atom is 0.407 e. The second-order valence-electron chi connectivity index (χ2n) is 7.57. The highest BCUT2D eigenvalue weighted by molar-refractivity contribution is 5.68. The molecule has 0 saturated heterocycles. The van der Waals surface area contributed by atoms with Crippen molar-refractivity contribution in [3.05, 3.63) is 0 Å². The lowest BCUT2D eigenvalue weighted by atomic mass is 9.89. The van der Waals surface area contributed by atoms with Gasteiger partial charge in [-0.1, -0.05) is 0 Å². The Morgan fingerprint density at radius 2 is 1.67 bits per heavy atom. The van der Waals surface area contributed by atoms with Gasteiger partial charge in [0.2, 0.25) is 0 Å². The number of carbonyl (C=O) groups excluding carboxylic acids is 1. The van der Waals surface area contributed by atoms with Crippen LogP contribution in [0.3, 0.4) is 0 Å². The standard InChI is InChI=1S/C16H29N3O2/c1-15(2,3)21-14(20)19-13-8-6-12(7-9-13)18-11-16(4,5)10-17/h12-13,18H,6-9,11H2,1-5H3,(H,19,20). The largest absolute Gasteiger partial charge is 0.444 e. The highest BCUT2D eigenvalue weighted by Gasteiger charge is 2.26. The van der Waals surface area contributed by atoms with Gasteiger partial charge in [-0.05, 0) is 60.3 Å². The quantitative estimate of drug-likeness (QED) is 0.836. The maximum atomic E-state index is 11.7. The number of nitrogens with one attached hydrogen (secondary N) is 2. The van der Waals surface area contributed by atoms with Crippen LogP contribution in [-0.2, 0) is 4.74 Å². The van der Waals surface area contributed by atoms with Crippen molar-refractivity contribution in [3.63, 3.8) is 0 Å². The molecule has 120 valence electrons. The molecule has 1 saturated carbocycles. The highest BCUT2D eigenvalue weighted by atomic mass is 16.6. The molecule has 0 aliphatic heterocycles. The van der Waals surface area contributed by atoms with Crippen LogP contribution in [0.15, 0.2) is 0 Å². The fourth-order valence-electron chi connectivity index (χ4n) is 2.36. The lowest BCUT2D eigenvalue weighted by Gasteiger charge is -2.31. The van der Waals surface area contributed by atoms with E-state index in [1.165, 1.54) is 0 Å². The zero-order valence-electron chi connectivity index (χ0n) is 14.0. The maximum absolute atomic E-state index is 11.7. The Morgan fingerprint density at radius 1 is 1.14 bits per heavy atom. The van der Waals surface area contributed by atoms with E-state index in [4.69, 9.17) is 10.00 Å². The Labute approximate surface area is 128 Å². The van der Waals surface area contributed by atoms with Crippen molar-refractivity contribution in [2.45, 2.75) is 78.0 Å². The normalized spacial score (nSPS) is 23.2. The number of ether oxygens (including phenoxy) is 1. The van der Waals surface area contributed by atoms with Crippen LogP contribution in [0, 0.1) is 16.7 Å². The van der Waals surface area contributed by atoms with Gasteiger partial charge in [-0.3, -0.25) is 0 Å². The molecule has 0 atom stereocenters. The van der Waals surface area contributed by atoms with Crippen molar-refractivity contribution in [1.82, 2.24) is 10.6 Å². The summed E-state index contributed by atoms with van der Waals surface area (Å²) in [7, 11) is 0. The van der Waals surface area contributed by atoms with Crippen LogP contribution in [0.4, 0.5) is 4.79 Å². The first kappa shape index (κ1) is 17.8. The third kappa shape index (κ3) is 7.33. The van der Waals surface area contributed by atoms with Gasteiger partial charge >= 0.3 is 6.09 Å². The van der Waals surface area contributed by atoms with E-state index < -0.39 is 5.60 Å². The zero-order chi connectivity index (χ0) is 16.1. The van der Waals surface area contributed by atoms with Crippen LogP contribution in [0.5, 0.6) is 0 Å². The fourth-order valence-corrected chi connectivity index (χ4v) is 2.36. The summed E-state index contributed by atoms with van der Waals surface area (Å²) in [5.41, 5.74) is -0.780. The smallest absolute Gasteiger partial charge is 0.407 e. The van der Waals surface area contributed by atoms with E-state index in [0.717, 1.165) is 25.7 Å². The van der Waals surface area contributed by atoms with Gasteiger partial charge in [0.25, 0.3) is 0 Å². The second-order valence-corrected chi connectivity index (χ2v) is 7.57. The minimum absolute atomic E-state index is 0.196. The summed E-state index contributed by atoms with van der Waals surface area (Å²) in [4.78, 5) is 11.7. The highest BCUT2D eigenvalue weighted by Crippen LogP contribution is 2.21. The molecule has 1 fully saturated rings. The number of nitrogens with zero attached hydrogens (tertiary/aromatic N) is 1. The van der Waals surface area contributed by atoms with Crippen molar-refractivity contribution < 1.29 is 9.53 Å². The number of rotatable bonds is 4. The average Bonchev–Trinajstić information content (AvgIpc) is 2.36. The molecule has 1 rings (SSSR count). The molecule has 1 aliphatic rings. The van der Waals surface area contributed by atoms with Crippen molar-refractivity contribution in [2.75, 3.05) is 6.54 Å². The summed E-state index contributed by atoms with van der Waals surface area (Å²) >= 11 is 0. The first-order valence-corrected chi connectivity index (χ1v) is 7.75. The molecule has 0 unspecified atom stereocenters. The van der Waals surface area contributed by atoms with Gasteiger partial charge in [0.15, 0.2) is 0 Å². The molecule has 5 heteroatoms. The van der Waals surface area contributed by atoms with E-state index in [0.29, 0.717) is 12.6 Å². The Bertz CT molecular complexity index is 385.